The van der Waals surface area contributed by atoms with E-state index in [4.69, 9.17) is 5.73 Å². The van der Waals surface area contributed by atoms with E-state index >= 15 is 0 Å². The van der Waals surface area contributed by atoms with Gasteiger partial charge in [0.25, 0.3) is 0 Å². The number of carbonyl (C=O) groups excluding carboxylic acids is 1. The topological polar surface area (TPSA) is 97.3 Å². The van der Waals surface area contributed by atoms with Crippen molar-refractivity contribution < 1.29 is 9.90 Å². The fourth-order valence-corrected chi connectivity index (χ4v) is 3.63. The summed E-state index contributed by atoms with van der Waals surface area (Å²) in [4.78, 5) is 22.8. The van der Waals surface area contributed by atoms with Crippen LogP contribution in [0.25, 0.3) is 0 Å². The van der Waals surface area contributed by atoms with Gasteiger partial charge in [-0.2, -0.15) is 0 Å². The van der Waals surface area contributed by atoms with E-state index in [0.29, 0.717) is 19.0 Å². The Morgan fingerprint density at radius 1 is 1.38 bits per heavy atom. The molecule has 3 N–H and O–H groups in total. The Labute approximate surface area is 169 Å². The number of aliphatic hydroxyl groups excluding tert-OH is 1. The van der Waals surface area contributed by atoms with E-state index in [0.717, 1.165) is 30.9 Å². The summed E-state index contributed by atoms with van der Waals surface area (Å²) in [5.74, 6) is 1.20. The molecule has 3 heterocycles. The van der Waals surface area contributed by atoms with Crippen molar-refractivity contribution in [2.24, 2.45) is 5.73 Å². The Bertz CT molecular complexity index is 672. The highest BCUT2D eigenvalue weighted by Gasteiger charge is 2.30. The first kappa shape index (κ1) is 22.9. The average molecular weight is 422 g/mol. The van der Waals surface area contributed by atoms with E-state index < -0.39 is 12.1 Å². The number of aliphatic hydroxyl groups is 1. The molecule has 0 aliphatic carbocycles. The number of hydrogen-bond donors (Lipinski definition) is 2. The molecule has 0 unspecified atom stereocenters. The van der Waals surface area contributed by atoms with Crippen molar-refractivity contribution in [2.45, 2.75) is 44.4 Å². The van der Waals surface area contributed by atoms with Crippen LogP contribution in [0.15, 0.2) is 23.3 Å². The largest absolute Gasteiger partial charge is 0.391 e. The Morgan fingerprint density at radius 2 is 2.08 bits per heavy atom. The fraction of sp³-hybridized carbons (Fsp3) is 0.562. The minimum absolute atomic E-state index is 0. The lowest BCUT2D eigenvalue weighted by Gasteiger charge is -2.33. The van der Waals surface area contributed by atoms with Gasteiger partial charge in [-0.05, 0) is 19.8 Å². The molecule has 2 aromatic rings. The normalized spacial score (nSPS) is 17.1. The first-order chi connectivity index (χ1) is 11.6. The molecule has 0 bridgehead atoms. The zero-order valence-electron chi connectivity index (χ0n) is 14.5. The number of nitrogens with two attached hydrogens (primary N) is 1. The van der Waals surface area contributed by atoms with Gasteiger partial charge in [-0.15, -0.1) is 36.2 Å². The van der Waals surface area contributed by atoms with Gasteiger partial charge in [-0.3, -0.25) is 4.79 Å². The van der Waals surface area contributed by atoms with Crippen molar-refractivity contribution in [1.82, 2.24) is 19.4 Å². The van der Waals surface area contributed by atoms with E-state index in [1.54, 1.807) is 23.2 Å². The molecule has 2 atom stereocenters. The highest BCUT2D eigenvalue weighted by atomic mass is 35.5. The maximum absolute atomic E-state index is 12.2. The van der Waals surface area contributed by atoms with E-state index in [1.807, 2.05) is 23.3 Å². The highest BCUT2D eigenvalue weighted by Crippen LogP contribution is 2.27. The van der Waals surface area contributed by atoms with Crippen molar-refractivity contribution in [3.63, 3.8) is 0 Å². The predicted molar refractivity (Wildman–Crippen MR) is 106 cm³/mol. The average Bonchev–Trinajstić information content (AvgIpc) is 3.26. The van der Waals surface area contributed by atoms with Crippen LogP contribution in [0, 0.1) is 0 Å². The lowest BCUT2D eigenvalue weighted by molar-refractivity contribution is -0.135. The number of amides is 1. The summed E-state index contributed by atoms with van der Waals surface area (Å²) in [5, 5.41) is 11.5. The number of nitrogens with zero attached hydrogens (tertiary/aromatic N) is 4. The van der Waals surface area contributed by atoms with Gasteiger partial charge >= 0.3 is 0 Å². The monoisotopic (exact) mass is 421 g/mol. The number of hydrogen-bond acceptors (Lipinski definition) is 6. The Balaban J connectivity index is 0.00000169. The molecule has 0 saturated carbocycles. The fourth-order valence-electron chi connectivity index (χ4n) is 3.08. The van der Waals surface area contributed by atoms with Crippen LogP contribution in [0.2, 0.25) is 0 Å². The second kappa shape index (κ2) is 10.2. The van der Waals surface area contributed by atoms with Gasteiger partial charge in [-0.1, -0.05) is 0 Å². The van der Waals surface area contributed by atoms with Crippen molar-refractivity contribution in [2.75, 3.05) is 13.1 Å². The van der Waals surface area contributed by atoms with Crippen LogP contribution < -0.4 is 5.73 Å². The molecule has 1 saturated heterocycles. The zero-order chi connectivity index (χ0) is 17.1. The number of likely N-dealkylation sites (tertiary alicyclic amines) is 1. The van der Waals surface area contributed by atoms with Gasteiger partial charge in [0, 0.05) is 36.8 Å². The molecule has 1 aliphatic rings. The summed E-state index contributed by atoms with van der Waals surface area (Å²) < 4.78 is 2.14. The lowest BCUT2D eigenvalue weighted by atomic mass is 9.95. The number of carbonyl (C=O) groups is 1. The third-order valence-electron chi connectivity index (χ3n) is 4.54. The van der Waals surface area contributed by atoms with Crippen LogP contribution in [0.4, 0.5) is 0 Å². The molecule has 2 aromatic heterocycles. The molecule has 10 heteroatoms. The third-order valence-corrected chi connectivity index (χ3v) is 5.18. The summed E-state index contributed by atoms with van der Waals surface area (Å²) >= 11 is 1.59. The molecular formula is C16H25Cl2N5O2S. The van der Waals surface area contributed by atoms with Gasteiger partial charge < -0.3 is 20.3 Å². The zero-order valence-corrected chi connectivity index (χ0v) is 17.0. The summed E-state index contributed by atoms with van der Waals surface area (Å²) in [6.07, 6.45) is 4.68. The van der Waals surface area contributed by atoms with Crippen molar-refractivity contribution in [1.29, 1.82) is 0 Å². The van der Waals surface area contributed by atoms with Gasteiger partial charge in [0.05, 0.1) is 23.9 Å². The van der Waals surface area contributed by atoms with Crippen molar-refractivity contribution in [3.8, 4) is 0 Å². The standard InChI is InChI=1S/C16H23N5O2S.2ClH/c1-11(22)14(17)16(23)20-5-2-12(3-6-20)15-18-4-7-21(15)8-13-9-24-10-19-13;;/h4,7,9-12,14,22H,2-3,5-6,8,17H2,1H3;2*1H/t11-,14+;;/m1../s1. The molecule has 1 aliphatic heterocycles. The molecule has 26 heavy (non-hydrogen) atoms. The Kier molecular flexibility index (Phi) is 8.99. The minimum Gasteiger partial charge on any atom is -0.391 e. The molecule has 3 rings (SSSR count). The molecule has 0 spiro atoms. The predicted octanol–water partition coefficient (Wildman–Crippen LogP) is 1.65. The summed E-state index contributed by atoms with van der Waals surface area (Å²) in [7, 11) is 0. The van der Waals surface area contributed by atoms with Gasteiger partial charge in [0.2, 0.25) is 5.91 Å². The number of halogens is 2. The molecule has 0 aromatic carbocycles. The van der Waals surface area contributed by atoms with Crippen LogP contribution in [-0.4, -0.2) is 55.7 Å². The van der Waals surface area contributed by atoms with Crippen LogP contribution in [0.5, 0.6) is 0 Å². The van der Waals surface area contributed by atoms with E-state index in [1.165, 1.54) is 0 Å². The number of thiazole rings is 1. The molecule has 7 nitrogen and oxygen atoms in total. The first-order valence-electron chi connectivity index (χ1n) is 8.16. The summed E-state index contributed by atoms with van der Waals surface area (Å²) in [5.41, 5.74) is 8.63. The second-order valence-electron chi connectivity index (χ2n) is 6.26. The van der Waals surface area contributed by atoms with Gasteiger partial charge in [-0.25, -0.2) is 9.97 Å². The van der Waals surface area contributed by atoms with E-state index in [2.05, 4.69) is 14.5 Å². The number of piperidine rings is 1. The van der Waals surface area contributed by atoms with Crippen LogP contribution in [0.3, 0.4) is 0 Å². The van der Waals surface area contributed by atoms with Gasteiger partial charge in [0.1, 0.15) is 11.9 Å². The van der Waals surface area contributed by atoms with Crippen molar-refractivity contribution >= 4 is 42.1 Å². The maximum Gasteiger partial charge on any atom is 0.242 e. The lowest BCUT2D eigenvalue weighted by Crippen LogP contribution is -2.51. The maximum atomic E-state index is 12.2. The first-order valence-corrected chi connectivity index (χ1v) is 9.11. The number of imidazole rings is 1. The van der Waals surface area contributed by atoms with Gasteiger partial charge in [0.15, 0.2) is 0 Å². The van der Waals surface area contributed by atoms with E-state index in [9.17, 15) is 9.90 Å². The van der Waals surface area contributed by atoms with Crippen LogP contribution in [0.1, 0.15) is 37.2 Å². The summed E-state index contributed by atoms with van der Waals surface area (Å²) in [6.45, 7) is 3.57. The van der Waals surface area contributed by atoms with Crippen molar-refractivity contribution in [3.05, 3.63) is 34.8 Å². The molecule has 1 fully saturated rings. The second-order valence-corrected chi connectivity index (χ2v) is 6.98. The SMILES string of the molecule is C[C@@H](O)[C@H](N)C(=O)N1CCC(c2nccn2Cc2cscn2)CC1.Cl.Cl. The molecular weight excluding hydrogens is 397 g/mol. The smallest absolute Gasteiger partial charge is 0.242 e. The Morgan fingerprint density at radius 3 is 2.65 bits per heavy atom. The Hall–Kier alpha value is -1.19. The number of aromatic nitrogens is 3. The van der Waals surface area contributed by atoms with E-state index in [-0.39, 0.29) is 30.7 Å². The highest BCUT2D eigenvalue weighted by molar-refractivity contribution is 7.07. The van der Waals surface area contributed by atoms with Crippen LogP contribution in [-0.2, 0) is 11.3 Å². The molecule has 0 radical (unpaired) electrons. The summed E-state index contributed by atoms with van der Waals surface area (Å²) in [6, 6.07) is -0.840. The third kappa shape index (κ3) is 5.17. The minimum atomic E-state index is -0.840. The molecule has 1 amide bonds. The quantitative estimate of drug-likeness (QED) is 0.764. The molecule has 146 valence electrons. The number of rotatable bonds is 5. The van der Waals surface area contributed by atoms with Crippen LogP contribution >= 0.6 is 36.2 Å².